The van der Waals surface area contributed by atoms with Crippen LogP contribution in [-0.4, -0.2) is 40.6 Å². The fraction of sp³-hybridized carbons (Fsp3) is 0.625. The van der Waals surface area contributed by atoms with E-state index in [1.807, 2.05) is 17.1 Å². The molecule has 124 valence electrons. The predicted octanol–water partition coefficient (Wildman–Crippen LogP) is 3.37. The van der Waals surface area contributed by atoms with Crippen LogP contribution >= 0.6 is 11.6 Å². The number of rotatable bonds is 3. The Bertz CT molecular complexity index is 678. The predicted molar refractivity (Wildman–Crippen MR) is 88.8 cm³/mol. The van der Waals surface area contributed by atoms with E-state index in [2.05, 4.69) is 15.4 Å². The van der Waals surface area contributed by atoms with Crippen LogP contribution in [0.4, 0.5) is 5.82 Å². The second kappa shape index (κ2) is 6.63. The first kappa shape index (κ1) is 15.2. The molecular weight excluding hydrogens is 316 g/mol. The summed E-state index contributed by atoms with van der Waals surface area (Å²) in [5, 5.41) is 9.52. The van der Waals surface area contributed by atoms with Gasteiger partial charge in [0.25, 0.3) is 0 Å². The molecule has 1 atom stereocenters. The minimum atomic E-state index is -0.0305. The van der Waals surface area contributed by atoms with Gasteiger partial charge >= 0.3 is 0 Å². The Morgan fingerprint density at radius 3 is 2.78 bits per heavy atom. The van der Waals surface area contributed by atoms with Gasteiger partial charge in [-0.1, -0.05) is 11.6 Å². The van der Waals surface area contributed by atoms with Gasteiger partial charge in [0.2, 0.25) is 0 Å². The number of ether oxygens (including phenoxy) is 2. The summed E-state index contributed by atoms with van der Waals surface area (Å²) in [5.74, 6) is 0.726. The zero-order valence-electron chi connectivity index (χ0n) is 13.0. The molecule has 4 heterocycles. The van der Waals surface area contributed by atoms with E-state index in [4.69, 9.17) is 21.1 Å². The summed E-state index contributed by atoms with van der Waals surface area (Å²) >= 11 is 6.65. The van der Waals surface area contributed by atoms with Gasteiger partial charge in [-0.25, -0.2) is 9.67 Å². The molecule has 2 aromatic rings. The van der Waals surface area contributed by atoms with Crippen molar-refractivity contribution in [1.82, 2.24) is 14.8 Å². The molecule has 0 saturated carbocycles. The summed E-state index contributed by atoms with van der Waals surface area (Å²) in [6.45, 7) is 2.35. The zero-order valence-corrected chi connectivity index (χ0v) is 13.8. The molecule has 0 bridgehead atoms. The second-order valence-corrected chi connectivity index (χ2v) is 6.54. The van der Waals surface area contributed by atoms with Gasteiger partial charge in [-0.05, 0) is 32.1 Å². The first-order valence-electron chi connectivity index (χ1n) is 8.30. The molecule has 2 aromatic heterocycles. The number of anilines is 1. The van der Waals surface area contributed by atoms with Crippen molar-refractivity contribution in [3.63, 3.8) is 0 Å². The Labute approximate surface area is 140 Å². The van der Waals surface area contributed by atoms with Crippen molar-refractivity contribution in [1.29, 1.82) is 0 Å². The number of fused-ring (bicyclic) bond motifs is 1. The topological polar surface area (TPSA) is 61.2 Å². The maximum atomic E-state index is 6.65. The molecule has 2 aliphatic heterocycles. The van der Waals surface area contributed by atoms with Crippen LogP contribution in [0.15, 0.2) is 12.4 Å². The Morgan fingerprint density at radius 2 is 2.00 bits per heavy atom. The van der Waals surface area contributed by atoms with E-state index >= 15 is 0 Å². The van der Waals surface area contributed by atoms with Crippen molar-refractivity contribution in [2.24, 2.45) is 0 Å². The maximum absolute atomic E-state index is 6.65. The largest absolute Gasteiger partial charge is 0.381 e. The van der Waals surface area contributed by atoms with Crippen molar-refractivity contribution in [2.75, 3.05) is 25.1 Å². The van der Waals surface area contributed by atoms with E-state index in [1.54, 1.807) is 0 Å². The van der Waals surface area contributed by atoms with Crippen LogP contribution < -0.4 is 5.32 Å². The van der Waals surface area contributed by atoms with Crippen LogP contribution in [0.5, 0.6) is 0 Å². The first-order chi connectivity index (χ1) is 11.3. The Kier molecular flexibility index (Phi) is 4.37. The minimum absolute atomic E-state index is 0.0305. The summed E-state index contributed by atoms with van der Waals surface area (Å²) in [4.78, 5) is 4.48. The van der Waals surface area contributed by atoms with Gasteiger partial charge in [0.15, 0.2) is 6.23 Å². The lowest BCUT2D eigenvalue weighted by Gasteiger charge is -2.25. The first-order valence-corrected chi connectivity index (χ1v) is 8.68. The highest BCUT2D eigenvalue weighted by molar-refractivity contribution is 6.37. The van der Waals surface area contributed by atoms with Gasteiger partial charge in [-0.3, -0.25) is 0 Å². The van der Waals surface area contributed by atoms with Gasteiger partial charge in [-0.2, -0.15) is 5.10 Å². The SMILES string of the molecule is Clc1c(NC2CCOCC2)ncc2cnn(C3CCCCO3)c12. The normalized spacial score (nSPS) is 23.3. The van der Waals surface area contributed by atoms with Crippen LogP contribution in [0.3, 0.4) is 0 Å². The number of hydrogen-bond acceptors (Lipinski definition) is 5. The third kappa shape index (κ3) is 3.03. The smallest absolute Gasteiger partial charge is 0.150 e. The number of nitrogens with zero attached hydrogens (tertiary/aromatic N) is 3. The highest BCUT2D eigenvalue weighted by Crippen LogP contribution is 2.33. The molecule has 0 radical (unpaired) electrons. The van der Waals surface area contributed by atoms with Crippen LogP contribution in [0.1, 0.15) is 38.3 Å². The molecule has 1 unspecified atom stereocenters. The van der Waals surface area contributed by atoms with Crippen molar-refractivity contribution in [2.45, 2.75) is 44.4 Å². The average Bonchev–Trinajstić information content (AvgIpc) is 3.04. The molecule has 1 N–H and O–H groups in total. The molecule has 2 saturated heterocycles. The molecule has 0 aromatic carbocycles. The van der Waals surface area contributed by atoms with E-state index in [-0.39, 0.29) is 6.23 Å². The fourth-order valence-electron chi connectivity index (χ4n) is 3.27. The third-order valence-corrected chi connectivity index (χ3v) is 4.92. The molecule has 0 spiro atoms. The molecular formula is C16H21ClN4O2. The van der Waals surface area contributed by atoms with Crippen molar-refractivity contribution in [3.8, 4) is 0 Å². The molecule has 0 aliphatic carbocycles. The number of hydrogen-bond donors (Lipinski definition) is 1. The lowest BCUT2D eigenvalue weighted by Crippen LogP contribution is -2.28. The monoisotopic (exact) mass is 336 g/mol. The minimum Gasteiger partial charge on any atom is -0.381 e. The van der Waals surface area contributed by atoms with E-state index in [9.17, 15) is 0 Å². The Balaban J connectivity index is 1.65. The van der Waals surface area contributed by atoms with E-state index in [1.165, 1.54) is 0 Å². The lowest BCUT2D eigenvalue weighted by molar-refractivity contribution is -0.0366. The highest BCUT2D eigenvalue weighted by Gasteiger charge is 2.22. The van der Waals surface area contributed by atoms with Crippen LogP contribution in [0.2, 0.25) is 5.02 Å². The second-order valence-electron chi connectivity index (χ2n) is 6.17. The molecule has 7 heteroatoms. The van der Waals surface area contributed by atoms with Crippen LogP contribution in [0.25, 0.3) is 10.9 Å². The molecule has 2 aliphatic rings. The molecule has 4 rings (SSSR count). The summed E-state index contributed by atoms with van der Waals surface area (Å²) in [7, 11) is 0. The van der Waals surface area contributed by atoms with Crippen LogP contribution in [0, 0.1) is 0 Å². The number of pyridine rings is 1. The van der Waals surface area contributed by atoms with Crippen LogP contribution in [-0.2, 0) is 9.47 Å². The van der Waals surface area contributed by atoms with Gasteiger partial charge in [0, 0.05) is 37.4 Å². The van der Waals surface area contributed by atoms with E-state index < -0.39 is 0 Å². The van der Waals surface area contributed by atoms with Gasteiger partial charge in [0.05, 0.1) is 11.7 Å². The molecule has 0 amide bonds. The Morgan fingerprint density at radius 1 is 1.13 bits per heavy atom. The average molecular weight is 337 g/mol. The number of aromatic nitrogens is 3. The zero-order chi connectivity index (χ0) is 15.6. The lowest BCUT2D eigenvalue weighted by atomic mass is 10.1. The van der Waals surface area contributed by atoms with Crippen molar-refractivity contribution < 1.29 is 9.47 Å². The van der Waals surface area contributed by atoms with Gasteiger partial charge < -0.3 is 14.8 Å². The summed E-state index contributed by atoms with van der Waals surface area (Å²) in [6, 6.07) is 0.355. The van der Waals surface area contributed by atoms with E-state index in [0.29, 0.717) is 11.1 Å². The van der Waals surface area contributed by atoms with Crippen molar-refractivity contribution in [3.05, 3.63) is 17.4 Å². The Hall–Kier alpha value is -1.37. The van der Waals surface area contributed by atoms with E-state index in [0.717, 1.165) is 68.6 Å². The third-order valence-electron chi connectivity index (χ3n) is 4.56. The summed E-state index contributed by atoms with van der Waals surface area (Å²) in [6.07, 6.45) is 8.79. The van der Waals surface area contributed by atoms with Gasteiger partial charge in [0.1, 0.15) is 10.8 Å². The number of nitrogens with one attached hydrogen (secondary N) is 1. The molecule has 6 nitrogen and oxygen atoms in total. The summed E-state index contributed by atoms with van der Waals surface area (Å²) < 4.78 is 13.2. The highest BCUT2D eigenvalue weighted by atomic mass is 35.5. The fourth-order valence-corrected chi connectivity index (χ4v) is 3.57. The molecule has 2 fully saturated rings. The quantitative estimate of drug-likeness (QED) is 0.931. The van der Waals surface area contributed by atoms with Gasteiger partial charge in [-0.15, -0.1) is 0 Å². The summed E-state index contributed by atoms with van der Waals surface area (Å²) in [5.41, 5.74) is 0.906. The standard InChI is InChI=1S/C16H21ClN4O2/c17-14-15-11(10-19-21(15)13-3-1-2-6-23-13)9-18-16(14)20-12-4-7-22-8-5-12/h9-10,12-13H,1-8H2,(H,18,20). The maximum Gasteiger partial charge on any atom is 0.150 e. The molecule has 23 heavy (non-hydrogen) atoms. The van der Waals surface area contributed by atoms with Crippen molar-refractivity contribution >= 4 is 28.3 Å². The number of halogens is 1.